The van der Waals surface area contributed by atoms with Gasteiger partial charge in [0.15, 0.2) is 0 Å². The second kappa shape index (κ2) is 4.61. The van der Waals surface area contributed by atoms with E-state index in [-0.39, 0.29) is 30.3 Å². The van der Waals surface area contributed by atoms with Gasteiger partial charge in [0, 0.05) is 25.1 Å². The van der Waals surface area contributed by atoms with Crippen molar-refractivity contribution in [2.45, 2.75) is 6.10 Å². The van der Waals surface area contributed by atoms with E-state index >= 15 is 0 Å². The van der Waals surface area contributed by atoms with Crippen molar-refractivity contribution in [3.05, 3.63) is 39.9 Å². The Balaban J connectivity index is 2.13. The third-order valence-corrected chi connectivity index (χ3v) is 3.08. The van der Waals surface area contributed by atoms with E-state index < -0.39 is 17.1 Å². The van der Waals surface area contributed by atoms with Crippen molar-refractivity contribution < 1.29 is 19.9 Å². The van der Waals surface area contributed by atoms with Gasteiger partial charge in [-0.15, -0.1) is 0 Å². The van der Waals surface area contributed by atoms with Crippen LogP contribution in [0.5, 0.6) is 0 Å². The molecule has 1 amide bonds. The minimum absolute atomic E-state index is 0.140. The molecule has 2 rings (SSSR count). The van der Waals surface area contributed by atoms with Crippen LogP contribution in [0.15, 0.2) is 24.3 Å². The summed E-state index contributed by atoms with van der Waals surface area (Å²) in [5, 5.41) is 29.5. The van der Waals surface area contributed by atoms with Gasteiger partial charge in [0.1, 0.15) is 0 Å². The van der Waals surface area contributed by atoms with Crippen molar-refractivity contribution in [1.82, 2.24) is 4.90 Å². The Labute approximate surface area is 102 Å². The summed E-state index contributed by atoms with van der Waals surface area (Å²) in [5.41, 5.74) is 0.0938. The number of nitro benzene ring substituents is 1. The van der Waals surface area contributed by atoms with Crippen molar-refractivity contribution in [3.63, 3.8) is 0 Å². The average Bonchev–Trinajstić information content (AvgIpc) is 2.26. The molecule has 2 N–H and O–H groups in total. The van der Waals surface area contributed by atoms with E-state index in [0.717, 1.165) is 4.90 Å². The van der Waals surface area contributed by atoms with Gasteiger partial charge in [-0.2, -0.15) is 0 Å². The molecule has 1 fully saturated rings. The lowest BCUT2D eigenvalue weighted by atomic mass is 9.89. The first-order valence-electron chi connectivity index (χ1n) is 5.40. The molecule has 7 heteroatoms. The number of aliphatic hydroxyl groups excluding tert-OH is 1. The first-order valence-corrected chi connectivity index (χ1v) is 5.40. The van der Waals surface area contributed by atoms with E-state index in [1.807, 2.05) is 0 Å². The number of carbonyl (C=O) groups is 1. The van der Waals surface area contributed by atoms with Crippen molar-refractivity contribution in [2.24, 2.45) is 5.92 Å². The van der Waals surface area contributed by atoms with Gasteiger partial charge in [-0.25, -0.2) is 4.79 Å². The molecule has 0 spiro atoms. The first-order chi connectivity index (χ1) is 8.50. The lowest BCUT2D eigenvalue weighted by Gasteiger charge is -2.39. The molecule has 96 valence electrons. The quantitative estimate of drug-likeness (QED) is 0.622. The van der Waals surface area contributed by atoms with Crippen LogP contribution >= 0.6 is 0 Å². The normalized spacial score (nSPS) is 17.1. The molecule has 0 aliphatic carbocycles. The Morgan fingerprint density at radius 2 is 2.06 bits per heavy atom. The van der Waals surface area contributed by atoms with Gasteiger partial charge in [0.2, 0.25) is 0 Å². The van der Waals surface area contributed by atoms with E-state index in [4.69, 9.17) is 5.11 Å². The van der Waals surface area contributed by atoms with E-state index in [1.54, 1.807) is 6.07 Å². The Hall–Kier alpha value is -2.15. The second-order valence-electron chi connectivity index (χ2n) is 4.21. The number of hydrogen-bond donors (Lipinski definition) is 2. The van der Waals surface area contributed by atoms with Crippen LogP contribution in [0.1, 0.15) is 11.7 Å². The standard InChI is InChI=1S/C11H12N2O5/c14-10(7-5-12(6-7)11(15)16)8-3-1-2-4-9(8)13(17)18/h1-4,7,10,14H,5-6H2,(H,15,16). The number of nitro groups is 1. The largest absolute Gasteiger partial charge is 0.465 e. The molecular formula is C11H12N2O5. The molecule has 1 unspecified atom stereocenters. The van der Waals surface area contributed by atoms with Gasteiger partial charge >= 0.3 is 6.09 Å². The number of para-hydroxylation sites is 1. The zero-order chi connectivity index (χ0) is 13.3. The maximum atomic E-state index is 10.8. The molecule has 1 saturated heterocycles. The number of nitrogens with zero attached hydrogens (tertiary/aromatic N) is 2. The van der Waals surface area contributed by atoms with Crippen LogP contribution in [0.2, 0.25) is 0 Å². The third kappa shape index (κ3) is 2.12. The number of carboxylic acid groups (broad SMARTS) is 1. The minimum atomic E-state index is -1.04. The molecule has 0 aromatic heterocycles. The highest BCUT2D eigenvalue weighted by Gasteiger charge is 2.38. The molecule has 1 aliphatic heterocycles. The molecule has 1 aromatic rings. The molecule has 0 radical (unpaired) electrons. The third-order valence-electron chi connectivity index (χ3n) is 3.08. The van der Waals surface area contributed by atoms with Gasteiger partial charge in [-0.3, -0.25) is 10.1 Å². The highest BCUT2D eigenvalue weighted by atomic mass is 16.6. The van der Waals surface area contributed by atoms with Crippen molar-refractivity contribution in [1.29, 1.82) is 0 Å². The van der Waals surface area contributed by atoms with Gasteiger partial charge < -0.3 is 15.1 Å². The zero-order valence-corrected chi connectivity index (χ0v) is 9.39. The van der Waals surface area contributed by atoms with Crippen molar-refractivity contribution >= 4 is 11.8 Å². The fraction of sp³-hybridized carbons (Fsp3) is 0.364. The maximum Gasteiger partial charge on any atom is 0.407 e. The molecule has 1 aromatic carbocycles. The van der Waals surface area contributed by atoms with Gasteiger partial charge in [0.05, 0.1) is 16.6 Å². The highest BCUT2D eigenvalue weighted by Crippen LogP contribution is 2.34. The number of hydrogen-bond acceptors (Lipinski definition) is 4. The predicted molar refractivity (Wildman–Crippen MR) is 61.1 cm³/mol. The number of likely N-dealkylation sites (tertiary alicyclic amines) is 1. The van der Waals surface area contributed by atoms with Crippen LogP contribution < -0.4 is 0 Å². The lowest BCUT2D eigenvalue weighted by molar-refractivity contribution is -0.386. The Morgan fingerprint density at radius 1 is 1.44 bits per heavy atom. The van der Waals surface area contributed by atoms with Gasteiger partial charge in [0.25, 0.3) is 5.69 Å². The van der Waals surface area contributed by atoms with E-state index in [0.29, 0.717) is 0 Å². The van der Waals surface area contributed by atoms with E-state index in [1.165, 1.54) is 18.2 Å². The minimum Gasteiger partial charge on any atom is -0.465 e. The molecule has 1 aliphatic rings. The van der Waals surface area contributed by atoms with Crippen LogP contribution in [-0.4, -0.2) is 39.2 Å². The topological polar surface area (TPSA) is 104 Å². The summed E-state index contributed by atoms with van der Waals surface area (Å²) in [7, 11) is 0. The van der Waals surface area contributed by atoms with E-state index in [2.05, 4.69) is 0 Å². The maximum absolute atomic E-state index is 10.8. The second-order valence-corrected chi connectivity index (χ2v) is 4.21. The Bertz CT molecular complexity index is 484. The summed E-state index contributed by atoms with van der Waals surface area (Å²) in [6.07, 6.45) is -2.05. The zero-order valence-electron chi connectivity index (χ0n) is 9.39. The fourth-order valence-electron chi connectivity index (χ4n) is 2.03. The average molecular weight is 252 g/mol. The smallest absolute Gasteiger partial charge is 0.407 e. The van der Waals surface area contributed by atoms with Crippen molar-refractivity contribution in [2.75, 3.05) is 13.1 Å². The van der Waals surface area contributed by atoms with Crippen LogP contribution in [-0.2, 0) is 0 Å². The molecular weight excluding hydrogens is 240 g/mol. The molecule has 0 saturated carbocycles. The van der Waals surface area contributed by atoms with Crippen molar-refractivity contribution in [3.8, 4) is 0 Å². The van der Waals surface area contributed by atoms with Crippen LogP contribution in [0.25, 0.3) is 0 Å². The Morgan fingerprint density at radius 3 is 2.61 bits per heavy atom. The summed E-state index contributed by atoms with van der Waals surface area (Å²) in [5.74, 6) is -0.290. The molecule has 1 heterocycles. The molecule has 0 bridgehead atoms. The SMILES string of the molecule is O=C(O)N1CC(C(O)c2ccccc2[N+](=O)[O-])C1. The predicted octanol–water partition coefficient (Wildman–Crippen LogP) is 1.24. The summed E-state index contributed by atoms with van der Waals surface area (Å²) >= 11 is 0. The van der Waals surface area contributed by atoms with Gasteiger partial charge in [-0.05, 0) is 6.07 Å². The first kappa shape index (κ1) is 12.3. The summed E-state index contributed by atoms with van der Waals surface area (Å²) < 4.78 is 0. The molecule has 7 nitrogen and oxygen atoms in total. The van der Waals surface area contributed by atoms with Crippen LogP contribution in [0, 0.1) is 16.0 Å². The summed E-state index contributed by atoms with van der Waals surface area (Å²) in [4.78, 5) is 22.0. The highest BCUT2D eigenvalue weighted by molar-refractivity contribution is 5.66. The number of amides is 1. The molecule has 18 heavy (non-hydrogen) atoms. The number of aliphatic hydroxyl groups is 1. The van der Waals surface area contributed by atoms with Crippen LogP contribution in [0.3, 0.4) is 0 Å². The van der Waals surface area contributed by atoms with Crippen LogP contribution in [0.4, 0.5) is 10.5 Å². The van der Waals surface area contributed by atoms with Gasteiger partial charge in [-0.1, -0.05) is 12.1 Å². The lowest BCUT2D eigenvalue weighted by Crippen LogP contribution is -2.51. The number of benzene rings is 1. The monoisotopic (exact) mass is 252 g/mol. The Kier molecular flexibility index (Phi) is 3.15. The molecule has 1 atom stereocenters. The fourth-order valence-corrected chi connectivity index (χ4v) is 2.03. The summed E-state index contributed by atoms with van der Waals surface area (Å²) in [6, 6.07) is 5.95. The number of rotatable bonds is 3. The summed E-state index contributed by atoms with van der Waals surface area (Å²) in [6.45, 7) is 0.394. The van der Waals surface area contributed by atoms with E-state index in [9.17, 15) is 20.0 Å².